The zero-order valence-electron chi connectivity index (χ0n) is 21.4. The van der Waals surface area contributed by atoms with Crippen molar-refractivity contribution in [2.75, 3.05) is 18.0 Å². The summed E-state index contributed by atoms with van der Waals surface area (Å²) in [7, 11) is 0. The van der Waals surface area contributed by atoms with Crippen molar-refractivity contribution < 1.29 is 4.79 Å². The molecule has 0 aliphatic carbocycles. The second-order valence-corrected chi connectivity index (χ2v) is 10.0. The Labute approximate surface area is 210 Å². The number of amides is 1. The Kier molecular flexibility index (Phi) is 8.99. The molecule has 0 fully saturated rings. The monoisotopic (exact) mass is 472 g/mol. The van der Waals surface area contributed by atoms with Crippen LogP contribution in [0, 0.1) is 0 Å². The van der Waals surface area contributed by atoms with Gasteiger partial charge in [-0.3, -0.25) is 4.79 Å². The summed E-state index contributed by atoms with van der Waals surface area (Å²) >= 11 is 0. The standard InChI is InChI=1S/C30H40N4O/c1-25(2)30-31-18-21-34(30)24-29(35)33-20-13-6-4-3-5-12-19-32(22-26-14-8-7-9-15-26)28-17-11-10-16-27(28)23-33/h7-11,14-18,21,25H,3-6,12-13,19-20,22-24H2,1-2H3. The van der Waals surface area contributed by atoms with E-state index in [1.807, 2.05) is 10.8 Å². The van der Waals surface area contributed by atoms with Crippen LogP contribution in [0.5, 0.6) is 0 Å². The Morgan fingerprint density at radius 3 is 2.34 bits per heavy atom. The topological polar surface area (TPSA) is 41.4 Å². The predicted molar refractivity (Wildman–Crippen MR) is 143 cm³/mol. The van der Waals surface area contributed by atoms with Gasteiger partial charge in [0.25, 0.3) is 0 Å². The highest BCUT2D eigenvalue weighted by molar-refractivity contribution is 5.76. The van der Waals surface area contributed by atoms with E-state index in [0.29, 0.717) is 19.0 Å². The van der Waals surface area contributed by atoms with Crippen molar-refractivity contribution in [2.45, 2.75) is 77.9 Å². The molecule has 1 amide bonds. The molecular formula is C30H40N4O. The van der Waals surface area contributed by atoms with Gasteiger partial charge in [-0.25, -0.2) is 4.98 Å². The van der Waals surface area contributed by atoms with Crippen LogP contribution in [-0.4, -0.2) is 33.4 Å². The number of anilines is 1. The zero-order chi connectivity index (χ0) is 24.5. The fourth-order valence-corrected chi connectivity index (χ4v) is 5.05. The van der Waals surface area contributed by atoms with Gasteiger partial charge in [-0.15, -0.1) is 0 Å². The van der Waals surface area contributed by atoms with Gasteiger partial charge in [0.1, 0.15) is 12.4 Å². The first kappa shape index (κ1) is 25.0. The highest BCUT2D eigenvalue weighted by atomic mass is 16.2. The van der Waals surface area contributed by atoms with Crippen molar-refractivity contribution in [3.8, 4) is 0 Å². The summed E-state index contributed by atoms with van der Waals surface area (Å²) in [5.74, 6) is 1.43. The first-order valence-corrected chi connectivity index (χ1v) is 13.3. The number of hydrogen-bond acceptors (Lipinski definition) is 3. The molecule has 0 saturated carbocycles. The lowest BCUT2D eigenvalue weighted by Crippen LogP contribution is -2.35. The molecule has 0 saturated heterocycles. The zero-order valence-corrected chi connectivity index (χ0v) is 21.4. The number of carbonyl (C=O) groups is 1. The number of rotatable bonds is 5. The first-order chi connectivity index (χ1) is 17.1. The second kappa shape index (κ2) is 12.6. The van der Waals surface area contributed by atoms with E-state index in [2.05, 4.69) is 83.2 Å². The van der Waals surface area contributed by atoms with Gasteiger partial charge in [0.15, 0.2) is 0 Å². The van der Waals surface area contributed by atoms with E-state index in [9.17, 15) is 4.79 Å². The Balaban J connectivity index is 1.59. The second-order valence-electron chi connectivity index (χ2n) is 10.0. The number of benzene rings is 2. The molecule has 0 N–H and O–H groups in total. The van der Waals surface area contributed by atoms with Crippen LogP contribution in [0.15, 0.2) is 67.0 Å². The summed E-state index contributed by atoms with van der Waals surface area (Å²) in [4.78, 5) is 22.6. The molecule has 0 unspecified atom stereocenters. The molecule has 0 bridgehead atoms. The van der Waals surface area contributed by atoms with Crippen molar-refractivity contribution in [2.24, 2.45) is 0 Å². The third-order valence-electron chi connectivity index (χ3n) is 6.94. The normalized spacial score (nSPS) is 15.7. The number of nitrogens with zero attached hydrogens (tertiary/aromatic N) is 4. The van der Waals surface area contributed by atoms with Gasteiger partial charge in [-0.05, 0) is 30.0 Å². The summed E-state index contributed by atoms with van der Waals surface area (Å²) in [6.07, 6.45) is 10.9. The van der Waals surface area contributed by atoms with E-state index in [1.54, 1.807) is 6.20 Å². The van der Waals surface area contributed by atoms with Gasteiger partial charge in [-0.1, -0.05) is 88.1 Å². The first-order valence-electron chi connectivity index (χ1n) is 13.3. The lowest BCUT2D eigenvalue weighted by molar-refractivity contribution is -0.132. The molecule has 1 aromatic heterocycles. The molecule has 3 aromatic rings. The number of para-hydroxylation sites is 1. The van der Waals surface area contributed by atoms with Crippen LogP contribution in [-0.2, 0) is 24.4 Å². The number of aromatic nitrogens is 2. The maximum atomic E-state index is 13.6. The van der Waals surface area contributed by atoms with Crippen LogP contribution < -0.4 is 4.90 Å². The third-order valence-corrected chi connectivity index (χ3v) is 6.94. The van der Waals surface area contributed by atoms with E-state index in [4.69, 9.17) is 0 Å². The van der Waals surface area contributed by atoms with E-state index >= 15 is 0 Å². The quantitative estimate of drug-likeness (QED) is 0.432. The van der Waals surface area contributed by atoms with Gasteiger partial charge in [0.2, 0.25) is 5.91 Å². The minimum Gasteiger partial charge on any atom is -0.367 e. The van der Waals surface area contributed by atoms with E-state index < -0.39 is 0 Å². The highest BCUT2D eigenvalue weighted by Crippen LogP contribution is 2.26. The molecule has 1 aliphatic rings. The Morgan fingerprint density at radius 1 is 0.886 bits per heavy atom. The fourth-order valence-electron chi connectivity index (χ4n) is 5.05. The summed E-state index contributed by atoms with van der Waals surface area (Å²) in [6.45, 7) is 7.97. The number of fused-ring (bicyclic) bond motifs is 1. The van der Waals surface area contributed by atoms with Gasteiger partial charge in [0.05, 0.1) is 0 Å². The summed E-state index contributed by atoms with van der Waals surface area (Å²) in [5, 5.41) is 0. The SMILES string of the molecule is CC(C)c1nccn1CC(=O)N1CCCCCCCCN(Cc2ccccc2)c2ccccc2C1. The van der Waals surface area contributed by atoms with Crippen LogP contribution in [0.2, 0.25) is 0 Å². The van der Waals surface area contributed by atoms with E-state index in [-0.39, 0.29) is 5.91 Å². The Bertz CT molecular complexity index is 1060. The Hall–Kier alpha value is -3.08. The van der Waals surface area contributed by atoms with E-state index in [1.165, 1.54) is 48.9 Å². The minimum absolute atomic E-state index is 0.171. The molecule has 0 atom stereocenters. The smallest absolute Gasteiger partial charge is 0.242 e. The molecule has 2 heterocycles. The third kappa shape index (κ3) is 6.97. The molecular weight excluding hydrogens is 432 g/mol. The van der Waals surface area contributed by atoms with Gasteiger partial charge < -0.3 is 14.4 Å². The highest BCUT2D eigenvalue weighted by Gasteiger charge is 2.20. The van der Waals surface area contributed by atoms with Crippen LogP contribution in [0.4, 0.5) is 5.69 Å². The minimum atomic E-state index is 0.171. The maximum absolute atomic E-state index is 13.6. The molecule has 0 spiro atoms. The molecule has 35 heavy (non-hydrogen) atoms. The van der Waals surface area contributed by atoms with Crippen molar-refractivity contribution in [3.05, 3.63) is 83.9 Å². The number of imidazole rings is 1. The van der Waals surface area contributed by atoms with Gasteiger partial charge >= 0.3 is 0 Å². The largest absolute Gasteiger partial charge is 0.367 e. The molecule has 0 radical (unpaired) electrons. The summed E-state index contributed by atoms with van der Waals surface area (Å²) in [6, 6.07) is 19.4. The molecule has 1 aliphatic heterocycles. The Morgan fingerprint density at radius 2 is 1.57 bits per heavy atom. The van der Waals surface area contributed by atoms with Crippen LogP contribution >= 0.6 is 0 Å². The molecule has 2 aromatic carbocycles. The lowest BCUT2D eigenvalue weighted by atomic mass is 10.1. The average molecular weight is 473 g/mol. The summed E-state index contributed by atoms with van der Waals surface area (Å²) < 4.78 is 2.02. The summed E-state index contributed by atoms with van der Waals surface area (Å²) in [5.41, 5.74) is 3.80. The number of carbonyl (C=O) groups excluding carboxylic acids is 1. The van der Waals surface area contributed by atoms with Crippen LogP contribution in [0.3, 0.4) is 0 Å². The lowest BCUT2D eigenvalue weighted by Gasteiger charge is -2.30. The average Bonchev–Trinajstić information content (AvgIpc) is 3.33. The number of hydrogen-bond donors (Lipinski definition) is 0. The molecule has 4 rings (SSSR count). The predicted octanol–water partition coefficient (Wildman–Crippen LogP) is 6.40. The molecule has 5 heteroatoms. The van der Waals surface area contributed by atoms with Crippen LogP contribution in [0.1, 0.15) is 75.2 Å². The van der Waals surface area contributed by atoms with Crippen molar-refractivity contribution in [3.63, 3.8) is 0 Å². The fraction of sp³-hybridized carbons (Fsp3) is 0.467. The maximum Gasteiger partial charge on any atom is 0.242 e. The van der Waals surface area contributed by atoms with E-state index in [0.717, 1.165) is 31.9 Å². The van der Waals surface area contributed by atoms with Gasteiger partial charge in [-0.2, -0.15) is 0 Å². The molecule has 5 nitrogen and oxygen atoms in total. The van der Waals surface area contributed by atoms with Crippen LogP contribution in [0.25, 0.3) is 0 Å². The van der Waals surface area contributed by atoms with Crippen molar-refractivity contribution in [1.82, 2.24) is 14.5 Å². The van der Waals surface area contributed by atoms with Gasteiger partial charge in [0, 0.05) is 50.2 Å². The molecule has 186 valence electrons. The van der Waals surface area contributed by atoms with Crippen molar-refractivity contribution >= 4 is 11.6 Å². The van der Waals surface area contributed by atoms with Crippen molar-refractivity contribution in [1.29, 1.82) is 0 Å².